The van der Waals surface area contributed by atoms with E-state index in [1.165, 1.54) is 36.7 Å². The molecule has 3 aromatic rings. The molecule has 136 valence electrons. The molecule has 2 aromatic heterocycles. The number of nitrogens with two attached hydrogens (primary N) is 1. The summed E-state index contributed by atoms with van der Waals surface area (Å²) in [6.45, 7) is 0. The van der Waals surface area contributed by atoms with Gasteiger partial charge in [-0.1, -0.05) is 11.6 Å². The molecule has 0 aliphatic heterocycles. The first kappa shape index (κ1) is 18.6. The normalized spacial score (nSPS) is 12.4. The van der Waals surface area contributed by atoms with Crippen LogP contribution in [0.1, 0.15) is 0 Å². The predicted octanol–water partition coefficient (Wildman–Crippen LogP) is 4.43. The number of hydrogen-bond acceptors (Lipinski definition) is 6. The Labute approximate surface area is 159 Å². The summed E-state index contributed by atoms with van der Waals surface area (Å²) < 4.78 is 41.5. The maximum atomic E-state index is 14.5. The minimum Gasteiger partial charge on any atom is -0.292 e. The molecule has 0 radical (unpaired) electrons. The fourth-order valence-corrected chi connectivity index (χ4v) is 2.88. The summed E-state index contributed by atoms with van der Waals surface area (Å²) in [6, 6.07) is 5.99. The van der Waals surface area contributed by atoms with E-state index in [-0.39, 0.29) is 17.5 Å². The number of pyridine rings is 1. The largest absolute Gasteiger partial charge is 0.292 e. The van der Waals surface area contributed by atoms with Gasteiger partial charge in [0.05, 0.1) is 17.4 Å². The van der Waals surface area contributed by atoms with Gasteiger partial charge in [0.1, 0.15) is 5.82 Å². The lowest BCUT2D eigenvalue weighted by Gasteiger charge is -2.28. The molecular weight excluding hydrogens is 437 g/mol. The first-order valence-electron chi connectivity index (χ1n) is 7.16. The Bertz CT molecular complexity index is 944. The van der Waals surface area contributed by atoms with Crippen molar-refractivity contribution in [1.29, 1.82) is 0 Å². The molecule has 26 heavy (non-hydrogen) atoms. The third-order valence-corrected chi connectivity index (χ3v) is 4.09. The van der Waals surface area contributed by atoms with E-state index >= 15 is 0 Å². The second-order valence-corrected chi connectivity index (χ2v) is 6.47. The summed E-state index contributed by atoms with van der Waals surface area (Å²) >= 11 is 9.16. The van der Waals surface area contributed by atoms with Crippen molar-refractivity contribution in [2.75, 3.05) is 10.3 Å². The zero-order valence-corrected chi connectivity index (χ0v) is 15.2. The number of anilines is 3. The van der Waals surface area contributed by atoms with Gasteiger partial charge in [0.2, 0.25) is 12.2 Å². The highest BCUT2D eigenvalue weighted by Crippen LogP contribution is 2.36. The van der Waals surface area contributed by atoms with E-state index in [1.807, 2.05) is 0 Å². The Morgan fingerprint density at radius 2 is 1.92 bits per heavy atom. The van der Waals surface area contributed by atoms with E-state index in [9.17, 15) is 13.2 Å². The number of benzene rings is 1. The summed E-state index contributed by atoms with van der Waals surface area (Å²) in [7, 11) is 0. The van der Waals surface area contributed by atoms with E-state index in [0.29, 0.717) is 20.4 Å². The molecule has 1 unspecified atom stereocenters. The number of nitrogens with zero attached hydrogens (tertiary/aromatic N) is 4. The number of fused-ring (bicyclic) bond motifs is 1. The van der Waals surface area contributed by atoms with Gasteiger partial charge in [-0.3, -0.25) is 15.3 Å². The molecule has 0 bridgehead atoms. The fraction of sp³-hybridized carbons (Fsp3) is 0.133. The highest BCUT2D eigenvalue weighted by molar-refractivity contribution is 9.10. The zero-order chi connectivity index (χ0) is 18.8. The monoisotopic (exact) mass is 446 g/mol. The zero-order valence-electron chi connectivity index (χ0n) is 12.9. The van der Waals surface area contributed by atoms with Crippen molar-refractivity contribution < 1.29 is 13.2 Å². The number of halogens is 5. The number of rotatable bonds is 5. The highest BCUT2D eigenvalue weighted by atomic mass is 79.9. The second-order valence-electron chi connectivity index (χ2n) is 5.12. The molecule has 11 heteroatoms. The van der Waals surface area contributed by atoms with Crippen LogP contribution in [-0.4, -0.2) is 27.7 Å². The van der Waals surface area contributed by atoms with Gasteiger partial charge in [0.15, 0.2) is 0 Å². The van der Waals surface area contributed by atoms with Gasteiger partial charge in [0.25, 0.3) is 6.43 Å². The SMILES string of the molecule is NNc1nc(N(c2cncc(Br)c2)C(F)C(F)F)c2ccc(Cl)cc2n1. The number of nitrogens with one attached hydrogen (secondary N) is 1. The van der Waals surface area contributed by atoms with Crippen LogP contribution in [0.15, 0.2) is 41.1 Å². The second kappa shape index (κ2) is 7.60. The molecule has 2 heterocycles. The molecule has 1 aromatic carbocycles. The van der Waals surface area contributed by atoms with Crippen molar-refractivity contribution in [1.82, 2.24) is 15.0 Å². The molecule has 0 fully saturated rings. The lowest BCUT2D eigenvalue weighted by atomic mass is 10.2. The molecule has 0 spiro atoms. The minimum absolute atomic E-state index is 0.0742. The number of hydrazine groups is 1. The van der Waals surface area contributed by atoms with E-state index in [2.05, 4.69) is 36.3 Å². The number of aromatic nitrogens is 3. The average Bonchev–Trinajstić information content (AvgIpc) is 2.61. The molecule has 3 N–H and O–H groups in total. The first-order valence-corrected chi connectivity index (χ1v) is 8.33. The van der Waals surface area contributed by atoms with Crippen LogP contribution in [0, 0.1) is 0 Å². The summed E-state index contributed by atoms with van der Waals surface area (Å²) in [4.78, 5) is 12.8. The van der Waals surface area contributed by atoms with Crippen molar-refractivity contribution in [2.24, 2.45) is 5.84 Å². The molecule has 6 nitrogen and oxygen atoms in total. The third kappa shape index (κ3) is 3.67. The van der Waals surface area contributed by atoms with E-state index in [0.717, 1.165) is 4.90 Å². The number of hydrogen-bond donors (Lipinski definition) is 2. The van der Waals surface area contributed by atoms with Gasteiger partial charge in [-0.2, -0.15) is 4.98 Å². The lowest BCUT2D eigenvalue weighted by Crippen LogP contribution is -2.34. The third-order valence-electron chi connectivity index (χ3n) is 3.42. The Kier molecular flexibility index (Phi) is 5.44. The molecule has 3 rings (SSSR count). The number of alkyl halides is 3. The van der Waals surface area contributed by atoms with Gasteiger partial charge in [-0.05, 0) is 40.2 Å². The molecule has 1 atom stereocenters. The Morgan fingerprint density at radius 3 is 2.58 bits per heavy atom. The van der Waals surface area contributed by atoms with Gasteiger partial charge in [-0.15, -0.1) is 0 Å². The molecule has 0 saturated carbocycles. The number of nitrogen functional groups attached to an aromatic ring is 1. The molecule has 0 aliphatic rings. The van der Waals surface area contributed by atoms with Crippen LogP contribution in [0.25, 0.3) is 10.9 Å². The van der Waals surface area contributed by atoms with Crippen molar-refractivity contribution in [3.8, 4) is 0 Å². The Morgan fingerprint density at radius 1 is 1.15 bits per heavy atom. The van der Waals surface area contributed by atoms with Crippen LogP contribution in [0.5, 0.6) is 0 Å². The lowest BCUT2D eigenvalue weighted by molar-refractivity contribution is 0.0535. The quantitative estimate of drug-likeness (QED) is 0.342. The van der Waals surface area contributed by atoms with Crippen LogP contribution in [-0.2, 0) is 0 Å². The van der Waals surface area contributed by atoms with Gasteiger partial charge in [0, 0.05) is 21.1 Å². The molecule has 0 amide bonds. The fourth-order valence-electron chi connectivity index (χ4n) is 2.36. The molecule has 0 saturated heterocycles. The summed E-state index contributed by atoms with van der Waals surface area (Å²) in [5, 5.41) is 0.683. The van der Waals surface area contributed by atoms with Crippen LogP contribution in [0.2, 0.25) is 5.02 Å². The van der Waals surface area contributed by atoms with Gasteiger partial charge >= 0.3 is 0 Å². The van der Waals surface area contributed by atoms with Crippen LogP contribution < -0.4 is 16.2 Å². The smallest absolute Gasteiger partial charge is 0.288 e. The van der Waals surface area contributed by atoms with Gasteiger partial charge in [-0.25, -0.2) is 24.0 Å². The van der Waals surface area contributed by atoms with Crippen LogP contribution in [0.3, 0.4) is 0 Å². The van der Waals surface area contributed by atoms with E-state index in [1.54, 1.807) is 0 Å². The van der Waals surface area contributed by atoms with Crippen LogP contribution >= 0.6 is 27.5 Å². The summed E-state index contributed by atoms with van der Waals surface area (Å²) in [6.07, 6.45) is -3.27. The van der Waals surface area contributed by atoms with Crippen molar-refractivity contribution in [2.45, 2.75) is 12.7 Å². The first-order chi connectivity index (χ1) is 12.4. The molecule has 0 aliphatic carbocycles. The van der Waals surface area contributed by atoms with E-state index < -0.39 is 12.7 Å². The van der Waals surface area contributed by atoms with E-state index in [4.69, 9.17) is 17.4 Å². The highest BCUT2D eigenvalue weighted by Gasteiger charge is 2.32. The van der Waals surface area contributed by atoms with Gasteiger partial charge < -0.3 is 0 Å². The van der Waals surface area contributed by atoms with Crippen molar-refractivity contribution >= 4 is 55.9 Å². The van der Waals surface area contributed by atoms with Crippen molar-refractivity contribution in [3.63, 3.8) is 0 Å². The maximum absolute atomic E-state index is 14.5. The Balaban J connectivity index is 2.29. The van der Waals surface area contributed by atoms with Crippen LogP contribution in [0.4, 0.5) is 30.6 Å². The predicted molar refractivity (Wildman–Crippen MR) is 97.3 cm³/mol. The van der Waals surface area contributed by atoms with Crippen molar-refractivity contribution in [3.05, 3.63) is 46.2 Å². The Hall–Kier alpha value is -2.17. The molecular formula is C15H11BrClF3N6. The maximum Gasteiger partial charge on any atom is 0.288 e. The topological polar surface area (TPSA) is 80.0 Å². The average molecular weight is 448 g/mol. The summed E-state index contributed by atoms with van der Waals surface area (Å²) in [5.41, 5.74) is 2.62. The standard InChI is InChI=1S/C15H11BrClF3N6/c16-7-3-9(6-22-5-7)26(13(20)12(18)19)14-10-2-1-8(17)4-11(10)23-15(24-14)25-21/h1-6,12-13H,21H2,(H,23,24,25). The minimum atomic E-state index is -3.29. The summed E-state index contributed by atoms with van der Waals surface area (Å²) in [5.74, 6) is 5.17.